The van der Waals surface area contributed by atoms with E-state index in [0.717, 1.165) is 0 Å². The summed E-state index contributed by atoms with van der Waals surface area (Å²) in [4.78, 5) is 47.7. The van der Waals surface area contributed by atoms with Gasteiger partial charge in [0, 0.05) is 23.3 Å². The molecule has 3 aromatic rings. The van der Waals surface area contributed by atoms with Gasteiger partial charge in [-0.05, 0) is 92.1 Å². The largest absolute Gasteiger partial charge is 0.423 e. The smallest absolute Gasteiger partial charge is 0.338 e. The molecule has 208 valence electrons. The Morgan fingerprint density at radius 2 is 1.00 bits per heavy atom. The van der Waals surface area contributed by atoms with Crippen LogP contribution in [-0.2, 0) is 19.2 Å². The molecule has 0 radical (unpaired) electrons. The molecule has 8 heteroatoms. The molecular weight excluding hydrogens is 524 g/mol. The minimum absolute atomic E-state index is 0.280. The lowest BCUT2D eigenvalue weighted by atomic mass is 10.2. The van der Waals surface area contributed by atoms with Gasteiger partial charge in [-0.2, -0.15) is 0 Å². The minimum atomic E-state index is -0.602. The van der Waals surface area contributed by atoms with E-state index in [1.54, 1.807) is 87.5 Å². The van der Waals surface area contributed by atoms with Crippen molar-refractivity contribution in [3.8, 4) is 23.0 Å². The maximum absolute atomic E-state index is 12.3. The van der Waals surface area contributed by atoms with Crippen LogP contribution in [0.4, 0.5) is 0 Å². The predicted molar refractivity (Wildman–Crippen MR) is 154 cm³/mol. The zero-order valence-electron chi connectivity index (χ0n) is 22.8. The first-order valence-electron chi connectivity index (χ1n) is 12.4. The minimum Gasteiger partial charge on any atom is -0.423 e. The number of esters is 4. The van der Waals surface area contributed by atoms with E-state index in [1.807, 2.05) is 0 Å². The van der Waals surface area contributed by atoms with Crippen molar-refractivity contribution in [1.82, 2.24) is 0 Å². The second-order valence-electron chi connectivity index (χ2n) is 8.91. The van der Waals surface area contributed by atoms with E-state index < -0.39 is 23.9 Å². The van der Waals surface area contributed by atoms with Crippen LogP contribution >= 0.6 is 0 Å². The van der Waals surface area contributed by atoms with E-state index in [1.165, 1.54) is 24.3 Å². The maximum Gasteiger partial charge on any atom is 0.338 e. The van der Waals surface area contributed by atoms with Crippen LogP contribution in [0.15, 0.2) is 103 Å². The Morgan fingerprint density at radius 1 is 0.585 bits per heavy atom. The predicted octanol–water partition coefficient (Wildman–Crippen LogP) is 6.20. The van der Waals surface area contributed by atoms with Gasteiger partial charge < -0.3 is 18.9 Å². The summed E-state index contributed by atoms with van der Waals surface area (Å²) in [6, 6.07) is 17.8. The molecule has 0 aromatic heterocycles. The summed E-state index contributed by atoms with van der Waals surface area (Å²) in [6.45, 7) is 11.9. The second kappa shape index (κ2) is 14.0. The number of aryl methyl sites for hydroxylation is 1. The van der Waals surface area contributed by atoms with E-state index in [9.17, 15) is 19.2 Å². The molecule has 0 unspecified atom stereocenters. The van der Waals surface area contributed by atoms with Crippen LogP contribution in [0.3, 0.4) is 0 Å². The molecule has 0 bridgehead atoms. The highest BCUT2D eigenvalue weighted by Gasteiger charge is 2.09. The van der Waals surface area contributed by atoms with Gasteiger partial charge in [0.1, 0.15) is 23.0 Å². The summed E-state index contributed by atoms with van der Waals surface area (Å²) in [7, 11) is 0. The molecule has 8 nitrogen and oxygen atoms in total. The average molecular weight is 553 g/mol. The molecule has 3 aromatic carbocycles. The summed E-state index contributed by atoms with van der Waals surface area (Å²) >= 11 is 0. The first kappa shape index (κ1) is 30.0. The molecule has 0 spiro atoms. The Labute approximate surface area is 237 Å². The van der Waals surface area contributed by atoms with Crippen LogP contribution in [0.5, 0.6) is 23.0 Å². The molecule has 0 heterocycles. The zero-order valence-corrected chi connectivity index (χ0v) is 22.8. The number of rotatable bonds is 10. The molecular formula is C33H28O8. The highest BCUT2D eigenvalue weighted by atomic mass is 16.5. The summed E-state index contributed by atoms with van der Waals surface area (Å²) in [5.74, 6) is -0.918. The fourth-order valence-electron chi connectivity index (χ4n) is 3.10. The van der Waals surface area contributed by atoms with Gasteiger partial charge in [0.15, 0.2) is 0 Å². The van der Waals surface area contributed by atoms with Crippen LogP contribution in [0, 0.1) is 6.92 Å². The van der Waals surface area contributed by atoms with Crippen molar-refractivity contribution in [2.45, 2.75) is 20.8 Å². The lowest BCUT2D eigenvalue weighted by molar-refractivity contribution is -0.130. The number of ether oxygens (including phenoxy) is 4. The summed E-state index contributed by atoms with van der Waals surface area (Å²) < 4.78 is 21.0. The fraction of sp³-hybridized carbons (Fsp3) is 0.0909. The Bertz CT molecular complexity index is 1540. The van der Waals surface area contributed by atoms with Crippen molar-refractivity contribution >= 4 is 36.0 Å². The molecule has 0 saturated carbocycles. The molecule has 0 N–H and O–H groups in total. The van der Waals surface area contributed by atoms with Crippen LogP contribution in [0.1, 0.15) is 30.5 Å². The second-order valence-corrected chi connectivity index (χ2v) is 8.91. The van der Waals surface area contributed by atoms with Crippen molar-refractivity contribution in [2.75, 3.05) is 0 Å². The highest BCUT2D eigenvalue weighted by Crippen LogP contribution is 2.24. The normalized spacial score (nSPS) is 10.7. The number of carbonyl (C=O) groups excluding carboxylic acids is 4. The molecule has 0 fully saturated rings. The monoisotopic (exact) mass is 552 g/mol. The number of benzene rings is 3. The Kier molecular flexibility index (Phi) is 10.3. The third-order valence-corrected chi connectivity index (χ3v) is 5.28. The maximum atomic E-state index is 12.3. The molecule has 0 saturated heterocycles. The van der Waals surface area contributed by atoms with E-state index in [4.69, 9.17) is 18.9 Å². The molecule has 0 aliphatic carbocycles. The third kappa shape index (κ3) is 9.63. The standard InChI is InChI=1S/C33H28O8/c1-21(2)32(36)39-26-12-6-24(7-13-26)10-18-30(34)38-28-16-17-29(23(5)20-28)41-31(35)19-11-25-8-14-27(15-9-25)40-33(37)22(3)4/h6-20H,1,3H2,2,4-5H3/b18-10+,19-11+. The van der Waals surface area contributed by atoms with Crippen LogP contribution in [0.25, 0.3) is 12.2 Å². The van der Waals surface area contributed by atoms with Gasteiger partial charge in [-0.15, -0.1) is 0 Å². The SMILES string of the molecule is C=C(C)C(=O)Oc1ccc(/C=C/C(=O)Oc2ccc(OC(=O)/C=C/c3ccc(OC(=O)C(=C)C)cc3)c(C)c2)cc1. The highest BCUT2D eigenvalue weighted by molar-refractivity contribution is 5.91. The molecule has 0 amide bonds. The molecule has 3 rings (SSSR count). The van der Waals surface area contributed by atoms with E-state index >= 15 is 0 Å². The Hall–Kier alpha value is -5.50. The number of hydrogen-bond acceptors (Lipinski definition) is 8. The Morgan fingerprint density at radius 3 is 1.41 bits per heavy atom. The van der Waals surface area contributed by atoms with Crippen LogP contribution < -0.4 is 18.9 Å². The fourth-order valence-corrected chi connectivity index (χ4v) is 3.10. The molecule has 0 aliphatic heterocycles. The van der Waals surface area contributed by atoms with Gasteiger partial charge in [0.25, 0.3) is 0 Å². The van der Waals surface area contributed by atoms with Crippen molar-refractivity contribution in [3.63, 3.8) is 0 Å². The quantitative estimate of drug-likeness (QED) is 0.166. The lowest BCUT2D eigenvalue weighted by Gasteiger charge is -2.08. The number of carbonyl (C=O) groups is 4. The van der Waals surface area contributed by atoms with Crippen LogP contribution in [0.2, 0.25) is 0 Å². The van der Waals surface area contributed by atoms with E-state index in [-0.39, 0.29) is 5.75 Å². The van der Waals surface area contributed by atoms with Gasteiger partial charge in [0.05, 0.1) is 0 Å². The van der Waals surface area contributed by atoms with Gasteiger partial charge in [-0.25, -0.2) is 19.2 Å². The summed E-state index contributed by atoms with van der Waals surface area (Å²) in [6.07, 6.45) is 5.65. The van der Waals surface area contributed by atoms with Crippen molar-refractivity contribution < 1.29 is 38.1 Å². The van der Waals surface area contributed by atoms with Gasteiger partial charge in [-0.1, -0.05) is 37.4 Å². The van der Waals surface area contributed by atoms with Crippen molar-refractivity contribution in [1.29, 1.82) is 0 Å². The van der Waals surface area contributed by atoms with Gasteiger partial charge in [0.2, 0.25) is 0 Å². The molecule has 0 aliphatic rings. The Balaban J connectivity index is 1.52. The van der Waals surface area contributed by atoms with E-state index in [2.05, 4.69) is 13.2 Å². The summed E-state index contributed by atoms with van der Waals surface area (Å²) in [5, 5.41) is 0. The average Bonchev–Trinajstić information content (AvgIpc) is 2.93. The zero-order chi connectivity index (χ0) is 29.9. The third-order valence-electron chi connectivity index (χ3n) is 5.28. The van der Waals surface area contributed by atoms with Gasteiger partial charge in [-0.3, -0.25) is 0 Å². The number of hydrogen-bond donors (Lipinski definition) is 0. The topological polar surface area (TPSA) is 105 Å². The van der Waals surface area contributed by atoms with Crippen LogP contribution in [-0.4, -0.2) is 23.9 Å². The van der Waals surface area contributed by atoms with Gasteiger partial charge >= 0.3 is 23.9 Å². The van der Waals surface area contributed by atoms with Crippen molar-refractivity contribution in [3.05, 3.63) is 120 Å². The van der Waals surface area contributed by atoms with Crippen molar-refractivity contribution in [2.24, 2.45) is 0 Å². The molecule has 0 atom stereocenters. The lowest BCUT2D eigenvalue weighted by Crippen LogP contribution is -2.08. The first-order chi connectivity index (χ1) is 19.5. The molecule has 41 heavy (non-hydrogen) atoms. The van der Waals surface area contributed by atoms with E-state index in [0.29, 0.717) is 45.1 Å². The first-order valence-corrected chi connectivity index (χ1v) is 12.4. The summed E-state index contributed by atoms with van der Waals surface area (Å²) in [5.41, 5.74) is 2.57.